The predicted molar refractivity (Wildman–Crippen MR) is 60.0 cm³/mol. The minimum absolute atomic E-state index is 0.135. The van der Waals surface area contributed by atoms with Gasteiger partial charge in [-0.2, -0.15) is 0 Å². The van der Waals surface area contributed by atoms with E-state index in [1.165, 1.54) is 12.8 Å². The van der Waals surface area contributed by atoms with Crippen molar-refractivity contribution in [1.82, 2.24) is 0 Å². The lowest BCUT2D eigenvalue weighted by Crippen LogP contribution is -2.41. The molecule has 6 saturated carbocycles. The molecule has 0 radical (unpaired) electrons. The maximum Gasteiger partial charge on any atom is 0.176 e. The lowest BCUT2D eigenvalue weighted by Gasteiger charge is -2.37. The quantitative estimate of drug-likeness (QED) is 0.633. The van der Waals surface area contributed by atoms with Crippen LogP contribution in [0.5, 0.6) is 0 Å². The number of hydrogen-bond donors (Lipinski definition) is 0. The Hall–Kier alpha value is 0.400. The second-order valence-corrected chi connectivity index (χ2v) is 8.36. The van der Waals surface area contributed by atoms with Crippen LogP contribution >= 0.6 is 15.9 Å². The first-order chi connectivity index (χ1) is 7.77. The lowest BCUT2D eigenvalue weighted by molar-refractivity contribution is -0.194. The van der Waals surface area contributed by atoms with E-state index in [1.807, 2.05) is 0 Å². The predicted octanol–water partition coefficient (Wildman–Crippen LogP) is 2.02. The molecule has 0 aromatic carbocycles. The van der Waals surface area contributed by atoms with Crippen LogP contribution in [0.2, 0.25) is 0 Å². The highest BCUT2D eigenvalue weighted by molar-refractivity contribution is 9.10. The minimum atomic E-state index is -0.135. The maximum atomic E-state index is 6.18. The molecule has 16 heavy (non-hydrogen) atoms. The van der Waals surface area contributed by atoms with E-state index >= 15 is 0 Å². The highest BCUT2D eigenvalue weighted by Gasteiger charge is 2.91. The zero-order chi connectivity index (χ0) is 10.3. The molecule has 1 spiro atoms. The number of hydrogen-bond acceptors (Lipinski definition) is 2. The molecule has 1 heterocycles. The Morgan fingerprint density at radius 1 is 1.00 bits per heavy atom. The average Bonchev–Trinajstić information content (AvgIpc) is 2.97. The summed E-state index contributed by atoms with van der Waals surface area (Å²) in [5.74, 6) is 6.11. The van der Waals surface area contributed by atoms with Gasteiger partial charge in [0, 0.05) is 16.2 Å². The number of rotatable bonds is 0. The molecule has 86 valence electrons. The zero-order valence-corrected chi connectivity index (χ0v) is 10.7. The van der Waals surface area contributed by atoms with Gasteiger partial charge >= 0.3 is 0 Å². The van der Waals surface area contributed by atoms with Gasteiger partial charge in [0.25, 0.3) is 0 Å². The van der Waals surface area contributed by atoms with Crippen LogP contribution in [-0.4, -0.2) is 23.3 Å². The molecule has 0 unspecified atom stereocenters. The van der Waals surface area contributed by atoms with E-state index < -0.39 is 0 Å². The highest BCUT2D eigenvalue weighted by atomic mass is 79.9. The van der Waals surface area contributed by atoms with Crippen molar-refractivity contribution >= 4 is 15.9 Å². The van der Waals surface area contributed by atoms with Gasteiger partial charge in [-0.3, -0.25) is 0 Å². The smallest absolute Gasteiger partial charge is 0.176 e. The summed E-state index contributed by atoms with van der Waals surface area (Å²) in [6.07, 6.45) is 2.90. The molecular weight excluding hydrogens is 268 g/mol. The molecule has 3 heteroatoms. The first-order valence-electron chi connectivity index (χ1n) is 6.74. The van der Waals surface area contributed by atoms with Crippen LogP contribution in [0.25, 0.3) is 0 Å². The van der Waals surface area contributed by atoms with Gasteiger partial charge in [-0.05, 0) is 42.4 Å². The molecule has 6 bridgehead atoms. The van der Waals surface area contributed by atoms with Crippen molar-refractivity contribution in [3.8, 4) is 0 Å². The summed E-state index contributed by atoms with van der Waals surface area (Å²) in [5, 5.41) is 0. The van der Waals surface area contributed by atoms with E-state index in [0.29, 0.717) is 10.2 Å². The van der Waals surface area contributed by atoms with Gasteiger partial charge in [0.15, 0.2) is 5.79 Å². The van der Waals surface area contributed by atoms with Crippen LogP contribution in [0.4, 0.5) is 0 Å². The molecular formula is C13H15BrO2. The Bertz CT molecular complexity index is 418. The Kier molecular flexibility index (Phi) is 1.09. The summed E-state index contributed by atoms with van der Waals surface area (Å²) in [6, 6.07) is 0. The van der Waals surface area contributed by atoms with Gasteiger partial charge < -0.3 is 9.47 Å². The summed E-state index contributed by atoms with van der Waals surface area (Å²) in [7, 11) is 0. The third-order valence-electron chi connectivity index (χ3n) is 7.03. The van der Waals surface area contributed by atoms with Crippen LogP contribution in [-0.2, 0) is 9.47 Å². The fourth-order valence-electron chi connectivity index (χ4n) is 7.34. The van der Waals surface area contributed by atoms with Crippen molar-refractivity contribution in [3.63, 3.8) is 0 Å². The number of ether oxygens (including phenoxy) is 2. The molecule has 7 aliphatic rings. The number of halogens is 1. The summed E-state index contributed by atoms with van der Waals surface area (Å²) in [6.45, 7) is 1.66. The van der Waals surface area contributed by atoms with E-state index in [4.69, 9.17) is 9.47 Å². The maximum absolute atomic E-state index is 6.18. The van der Waals surface area contributed by atoms with Crippen molar-refractivity contribution in [3.05, 3.63) is 0 Å². The normalized spacial score (nSPS) is 74.4. The van der Waals surface area contributed by atoms with Gasteiger partial charge in [-0.25, -0.2) is 0 Å². The Balaban J connectivity index is 1.68. The largest absolute Gasteiger partial charge is 0.347 e. The molecule has 8 atom stereocenters. The monoisotopic (exact) mass is 282 g/mol. The summed E-state index contributed by atoms with van der Waals surface area (Å²) in [5.41, 5.74) is 0. The summed E-state index contributed by atoms with van der Waals surface area (Å²) in [4.78, 5) is 0. The molecule has 0 aromatic heterocycles. The third kappa shape index (κ3) is 0.522. The third-order valence-corrected chi connectivity index (χ3v) is 8.38. The summed E-state index contributed by atoms with van der Waals surface area (Å²) < 4.78 is 12.8. The fourth-order valence-corrected chi connectivity index (χ4v) is 8.97. The first kappa shape index (κ1) is 8.49. The van der Waals surface area contributed by atoms with Crippen LogP contribution in [0, 0.1) is 41.4 Å². The molecule has 6 aliphatic carbocycles. The van der Waals surface area contributed by atoms with E-state index in [1.54, 1.807) is 0 Å². The zero-order valence-electron chi connectivity index (χ0n) is 9.06. The van der Waals surface area contributed by atoms with Gasteiger partial charge in [0.1, 0.15) is 0 Å². The van der Waals surface area contributed by atoms with E-state index in [-0.39, 0.29) is 5.79 Å². The first-order valence-corrected chi connectivity index (χ1v) is 7.53. The molecule has 7 fully saturated rings. The van der Waals surface area contributed by atoms with Crippen molar-refractivity contribution in [2.45, 2.75) is 23.0 Å². The Labute approximate surface area is 103 Å². The fraction of sp³-hybridized carbons (Fsp3) is 1.00. The molecule has 0 amide bonds. The SMILES string of the molecule is Br[C@@]12C[C@H]3[C@H]4C[C@H]5[C@@H]3[C@H]1C1(OCCO1)[C@H]5[C@H]42. The van der Waals surface area contributed by atoms with Crippen molar-refractivity contribution in [2.75, 3.05) is 13.2 Å². The molecule has 1 aliphatic heterocycles. The minimum Gasteiger partial charge on any atom is -0.347 e. The van der Waals surface area contributed by atoms with Crippen LogP contribution in [0.1, 0.15) is 12.8 Å². The van der Waals surface area contributed by atoms with Gasteiger partial charge in [-0.1, -0.05) is 15.9 Å². The summed E-state index contributed by atoms with van der Waals surface area (Å²) >= 11 is 4.14. The molecule has 0 aromatic rings. The molecule has 1 saturated heterocycles. The molecule has 7 rings (SSSR count). The van der Waals surface area contributed by atoms with Crippen LogP contribution in [0.15, 0.2) is 0 Å². The van der Waals surface area contributed by atoms with Crippen LogP contribution < -0.4 is 0 Å². The average molecular weight is 283 g/mol. The standard InChI is InChI=1S/C13H15BrO2/c14-12-4-7-5-3-6-8(7)11(12)13(10(6)9(5)12)15-1-2-16-13/h5-11H,1-4H2/t5-,6+,7+,8+,9+,10-,11-,12-/m1/s1. The second-order valence-electron chi connectivity index (χ2n) is 6.88. The highest BCUT2D eigenvalue weighted by Crippen LogP contribution is 2.89. The van der Waals surface area contributed by atoms with E-state index in [2.05, 4.69) is 15.9 Å². The van der Waals surface area contributed by atoms with E-state index in [0.717, 1.165) is 48.7 Å². The van der Waals surface area contributed by atoms with Crippen molar-refractivity contribution in [1.29, 1.82) is 0 Å². The van der Waals surface area contributed by atoms with Crippen molar-refractivity contribution < 1.29 is 9.47 Å². The Morgan fingerprint density at radius 2 is 1.81 bits per heavy atom. The second kappa shape index (κ2) is 2.06. The Morgan fingerprint density at radius 3 is 2.56 bits per heavy atom. The van der Waals surface area contributed by atoms with Crippen molar-refractivity contribution in [2.24, 2.45) is 41.4 Å². The number of alkyl halides is 1. The lowest BCUT2D eigenvalue weighted by atomic mass is 9.71. The van der Waals surface area contributed by atoms with Gasteiger partial charge in [0.05, 0.1) is 13.2 Å². The van der Waals surface area contributed by atoms with Gasteiger partial charge in [-0.15, -0.1) is 0 Å². The van der Waals surface area contributed by atoms with Gasteiger partial charge in [0.2, 0.25) is 0 Å². The van der Waals surface area contributed by atoms with Crippen LogP contribution in [0.3, 0.4) is 0 Å². The molecule has 2 nitrogen and oxygen atoms in total. The van der Waals surface area contributed by atoms with E-state index in [9.17, 15) is 0 Å². The molecule has 0 N–H and O–H groups in total. The topological polar surface area (TPSA) is 18.5 Å².